The van der Waals surface area contributed by atoms with Crippen LogP contribution in [0.5, 0.6) is 0 Å². The van der Waals surface area contributed by atoms with Crippen molar-refractivity contribution in [3.63, 3.8) is 0 Å². The molecule has 0 saturated carbocycles. The van der Waals surface area contributed by atoms with Gasteiger partial charge in [0, 0.05) is 25.0 Å². The Balaban J connectivity index is 1.95. The number of rotatable bonds is 6. The van der Waals surface area contributed by atoms with Crippen molar-refractivity contribution in [1.82, 2.24) is 15.5 Å². The van der Waals surface area contributed by atoms with Gasteiger partial charge in [0.15, 0.2) is 9.84 Å². The maximum absolute atomic E-state index is 12.9. The lowest BCUT2D eigenvalue weighted by atomic mass is 9.93. The van der Waals surface area contributed by atoms with Crippen molar-refractivity contribution in [3.8, 4) is 0 Å². The van der Waals surface area contributed by atoms with Crippen molar-refractivity contribution >= 4 is 27.7 Å². The number of urea groups is 1. The second-order valence-corrected chi connectivity index (χ2v) is 9.81. The van der Waals surface area contributed by atoms with Crippen molar-refractivity contribution in [2.45, 2.75) is 51.6 Å². The number of nitrogens with two attached hydrogens (primary N) is 1. The Morgan fingerprint density at radius 1 is 1.19 bits per heavy atom. The smallest absolute Gasteiger partial charge is 0.315 e. The van der Waals surface area contributed by atoms with E-state index in [0.717, 1.165) is 0 Å². The van der Waals surface area contributed by atoms with Crippen LogP contribution in [0, 0.1) is 11.8 Å². The molecule has 4 amide bonds. The van der Waals surface area contributed by atoms with Gasteiger partial charge in [-0.15, -0.1) is 0 Å². The third kappa shape index (κ3) is 5.82. The van der Waals surface area contributed by atoms with Crippen molar-refractivity contribution in [3.05, 3.63) is 0 Å². The summed E-state index contributed by atoms with van der Waals surface area (Å²) in [5, 5.41) is 5.39. The normalized spacial score (nSPS) is 24.8. The van der Waals surface area contributed by atoms with Crippen molar-refractivity contribution in [2.75, 3.05) is 24.6 Å². The van der Waals surface area contributed by atoms with Crippen molar-refractivity contribution in [2.24, 2.45) is 17.6 Å². The predicted octanol–water partition coefficient (Wildman–Crippen LogP) is -0.389. The van der Waals surface area contributed by atoms with Crippen LogP contribution in [0.25, 0.3) is 0 Å². The number of amides is 4. The van der Waals surface area contributed by atoms with E-state index in [1.807, 2.05) is 13.8 Å². The molecule has 0 radical (unpaired) electrons. The lowest BCUT2D eigenvalue weighted by Gasteiger charge is -2.35. The highest BCUT2D eigenvalue weighted by Crippen LogP contribution is 2.20. The van der Waals surface area contributed by atoms with Crippen LogP contribution in [0.4, 0.5) is 4.79 Å². The Labute approximate surface area is 160 Å². The molecule has 2 fully saturated rings. The van der Waals surface area contributed by atoms with Crippen LogP contribution < -0.4 is 16.4 Å². The van der Waals surface area contributed by atoms with Crippen LogP contribution in [-0.2, 0) is 19.4 Å². The molecule has 10 heteroatoms. The van der Waals surface area contributed by atoms with Crippen LogP contribution >= 0.6 is 0 Å². The average Bonchev–Trinajstić information content (AvgIpc) is 2.96. The fourth-order valence-corrected chi connectivity index (χ4v) is 5.21. The van der Waals surface area contributed by atoms with E-state index in [9.17, 15) is 22.8 Å². The van der Waals surface area contributed by atoms with Gasteiger partial charge in [-0.3, -0.25) is 9.59 Å². The summed E-state index contributed by atoms with van der Waals surface area (Å²) in [5.41, 5.74) is 5.33. The van der Waals surface area contributed by atoms with Crippen LogP contribution in [0.2, 0.25) is 0 Å². The molecule has 0 aromatic rings. The maximum Gasteiger partial charge on any atom is 0.315 e. The first kappa shape index (κ1) is 21.5. The summed E-state index contributed by atoms with van der Waals surface area (Å²) < 4.78 is 23.0. The molecule has 2 rings (SSSR count). The SMILES string of the molecule is CC[C@@H](C)[C@H](NC(=O)N[C@@H]1CCS(=O)(=O)C1)C(=O)N1CCC(C(N)=O)CC1. The van der Waals surface area contributed by atoms with Crippen molar-refractivity contribution < 1.29 is 22.8 Å². The number of hydrogen-bond acceptors (Lipinski definition) is 5. The highest BCUT2D eigenvalue weighted by atomic mass is 32.2. The first-order valence-corrected chi connectivity index (χ1v) is 11.3. The van der Waals surface area contributed by atoms with Gasteiger partial charge in [0.05, 0.1) is 11.5 Å². The lowest BCUT2D eigenvalue weighted by molar-refractivity contribution is -0.137. The molecule has 3 atom stereocenters. The number of carbonyl (C=O) groups is 3. The lowest BCUT2D eigenvalue weighted by Crippen LogP contribution is -2.56. The Hall–Kier alpha value is -1.84. The number of nitrogens with zero attached hydrogens (tertiary/aromatic N) is 1. The van der Waals surface area contributed by atoms with Gasteiger partial charge in [-0.1, -0.05) is 20.3 Å². The molecule has 27 heavy (non-hydrogen) atoms. The van der Waals surface area contributed by atoms with E-state index in [1.54, 1.807) is 4.90 Å². The van der Waals surface area contributed by atoms with E-state index >= 15 is 0 Å². The van der Waals surface area contributed by atoms with E-state index in [-0.39, 0.29) is 35.2 Å². The van der Waals surface area contributed by atoms with Gasteiger partial charge < -0.3 is 21.3 Å². The zero-order chi connectivity index (χ0) is 20.2. The Bertz CT molecular complexity index is 673. The topological polar surface area (TPSA) is 139 Å². The molecule has 2 heterocycles. The highest BCUT2D eigenvalue weighted by Gasteiger charge is 2.34. The Morgan fingerprint density at radius 3 is 2.30 bits per heavy atom. The third-order valence-corrected chi connectivity index (χ3v) is 7.31. The summed E-state index contributed by atoms with van der Waals surface area (Å²) in [6.07, 6.45) is 2.14. The van der Waals surface area contributed by atoms with Gasteiger partial charge in [0.25, 0.3) is 0 Å². The zero-order valence-corrected chi connectivity index (χ0v) is 16.8. The maximum atomic E-state index is 12.9. The van der Waals surface area contributed by atoms with Gasteiger partial charge in [0.2, 0.25) is 11.8 Å². The van der Waals surface area contributed by atoms with Crippen LogP contribution in [-0.4, -0.2) is 67.8 Å². The second kappa shape index (κ2) is 8.90. The standard InChI is InChI=1S/C17H30N4O5S/c1-3-11(2)14(16(23)21-7-4-12(5-8-21)15(18)22)20-17(24)19-13-6-9-27(25,26)10-13/h11-14H,3-10H2,1-2H3,(H2,18,22)(H2,19,20,24)/t11-,13-,14+/m1/s1. The van der Waals surface area contributed by atoms with Gasteiger partial charge >= 0.3 is 6.03 Å². The summed E-state index contributed by atoms with van der Waals surface area (Å²) >= 11 is 0. The zero-order valence-electron chi connectivity index (χ0n) is 15.9. The quantitative estimate of drug-likeness (QED) is 0.555. The second-order valence-electron chi connectivity index (χ2n) is 7.58. The van der Waals surface area contributed by atoms with Crippen molar-refractivity contribution in [1.29, 1.82) is 0 Å². The molecule has 0 spiro atoms. The van der Waals surface area contributed by atoms with Gasteiger partial charge in [0.1, 0.15) is 6.04 Å². The van der Waals surface area contributed by atoms with Gasteiger partial charge in [-0.25, -0.2) is 13.2 Å². The number of nitrogens with one attached hydrogen (secondary N) is 2. The molecule has 154 valence electrons. The number of likely N-dealkylation sites (tertiary alicyclic amines) is 1. The van der Waals surface area contributed by atoms with E-state index in [0.29, 0.717) is 38.8 Å². The Morgan fingerprint density at radius 2 is 1.81 bits per heavy atom. The van der Waals surface area contributed by atoms with E-state index in [1.165, 1.54) is 0 Å². The molecule has 0 aromatic carbocycles. The highest BCUT2D eigenvalue weighted by molar-refractivity contribution is 7.91. The molecular formula is C17H30N4O5S. The number of piperidine rings is 1. The summed E-state index contributed by atoms with van der Waals surface area (Å²) in [6.45, 7) is 4.69. The minimum Gasteiger partial charge on any atom is -0.369 e. The fraction of sp³-hybridized carbons (Fsp3) is 0.824. The Kier molecular flexibility index (Phi) is 7.07. The molecule has 0 unspecified atom stereocenters. The molecule has 0 aromatic heterocycles. The average molecular weight is 403 g/mol. The monoisotopic (exact) mass is 402 g/mol. The predicted molar refractivity (Wildman–Crippen MR) is 100 cm³/mol. The molecule has 2 aliphatic heterocycles. The van der Waals surface area contributed by atoms with Gasteiger partial charge in [-0.2, -0.15) is 0 Å². The number of hydrogen-bond donors (Lipinski definition) is 3. The van der Waals surface area contributed by atoms with E-state index < -0.39 is 28.0 Å². The third-order valence-electron chi connectivity index (χ3n) is 5.54. The minimum atomic E-state index is -3.09. The molecule has 2 saturated heterocycles. The number of primary amides is 1. The first-order valence-electron chi connectivity index (χ1n) is 9.48. The van der Waals surface area contributed by atoms with E-state index in [4.69, 9.17) is 5.73 Å². The molecule has 0 bridgehead atoms. The summed E-state index contributed by atoms with van der Waals surface area (Å²) in [6, 6.07) is -1.64. The first-order chi connectivity index (χ1) is 12.6. The van der Waals surface area contributed by atoms with Crippen LogP contribution in [0.15, 0.2) is 0 Å². The molecular weight excluding hydrogens is 372 g/mol. The van der Waals surface area contributed by atoms with Gasteiger partial charge in [-0.05, 0) is 25.2 Å². The summed E-state index contributed by atoms with van der Waals surface area (Å²) in [7, 11) is -3.09. The largest absolute Gasteiger partial charge is 0.369 e. The minimum absolute atomic E-state index is 0.0665. The summed E-state index contributed by atoms with van der Waals surface area (Å²) in [4.78, 5) is 38.2. The van der Waals surface area contributed by atoms with E-state index in [2.05, 4.69) is 10.6 Å². The molecule has 9 nitrogen and oxygen atoms in total. The molecule has 2 aliphatic rings. The molecule has 4 N–H and O–H groups in total. The number of carbonyl (C=O) groups excluding carboxylic acids is 3. The number of sulfone groups is 1. The van der Waals surface area contributed by atoms with Crippen LogP contribution in [0.3, 0.4) is 0 Å². The fourth-order valence-electron chi connectivity index (χ4n) is 3.54. The summed E-state index contributed by atoms with van der Waals surface area (Å²) in [5.74, 6) is -0.809. The molecule has 0 aliphatic carbocycles. The van der Waals surface area contributed by atoms with Crippen LogP contribution in [0.1, 0.15) is 39.5 Å².